The van der Waals surface area contributed by atoms with Crippen LogP contribution in [0.25, 0.3) is 0 Å². The van der Waals surface area contributed by atoms with Crippen molar-refractivity contribution in [1.82, 2.24) is 15.5 Å². The van der Waals surface area contributed by atoms with Crippen molar-refractivity contribution in [1.29, 1.82) is 0 Å². The summed E-state index contributed by atoms with van der Waals surface area (Å²) in [5.41, 5.74) is 0.00389. The highest BCUT2D eigenvalue weighted by atomic mass is 35.5. The third-order valence-corrected chi connectivity index (χ3v) is 3.32. The fourth-order valence-corrected chi connectivity index (χ4v) is 1.94. The number of carbonyl (C=O) groups is 1. The summed E-state index contributed by atoms with van der Waals surface area (Å²) >= 11 is 5.63. The van der Waals surface area contributed by atoms with Gasteiger partial charge in [0.15, 0.2) is 11.6 Å². The van der Waals surface area contributed by atoms with Crippen LogP contribution in [0.1, 0.15) is 30.5 Å². The van der Waals surface area contributed by atoms with Crippen LogP contribution in [0.4, 0.5) is 14.9 Å². The van der Waals surface area contributed by atoms with Crippen molar-refractivity contribution in [2.45, 2.75) is 25.3 Å². The van der Waals surface area contributed by atoms with Gasteiger partial charge in [-0.1, -0.05) is 22.8 Å². The van der Waals surface area contributed by atoms with E-state index in [4.69, 9.17) is 16.1 Å². The van der Waals surface area contributed by atoms with Gasteiger partial charge in [-0.2, -0.15) is 4.98 Å². The first-order chi connectivity index (χ1) is 10.1. The molecule has 8 heteroatoms. The highest BCUT2D eigenvalue weighted by Crippen LogP contribution is 2.38. The lowest BCUT2D eigenvalue weighted by Crippen LogP contribution is -2.28. The lowest BCUT2D eigenvalue weighted by molar-refractivity contribution is 0.249. The number of urea groups is 1. The molecule has 1 aromatic carbocycles. The molecule has 1 aliphatic rings. The predicted molar refractivity (Wildman–Crippen MR) is 73.5 cm³/mol. The molecule has 1 aliphatic carbocycles. The largest absolute Gasteiger partial charge is 0.337 e. The average Bonchev–Trinajstić information content (AvgIpc) is 3.21. The predicted octanol–water partition coefficient (Wildman–Crippen LogP) is 3.06. The van der Waals surface area contributed by atoms with Crippen LogP contribution in [0, 0.1) is 5.82 Å². The van der Waals surface area contributed by atoms with Crippen LogP contribution in [0.15, 0.2) is 22.7 Å². The maximum atomic E-state index is 13.6. The molecule has 0 spiro atoms. The van der Waals surface area contributed by atoms with Crippen LogP contribution in [0.5, 0.6) is 0 Å². The van der Waals surface area contributed by atoms with Gasteiger partial charge in [0.25, 0.3) is 0 Å². The number of benzene rings is 1. The maximum absolute atomic E-state index is 13.6. The molecule has 110 valence electrons. The van der Waals surface area contributed by atoms with Gasteiger partial charge < -0.3 is 15.2 Å². The number of amides is 2. The summed E-state index contributed by atoms with van der Waals surface area (Å²) < 4.78 is 18.6. The van der Waals surface area contributed by atoms with Crippen LogP contribution in [-0.2, 0) is 6.54 Å². The zero-order chi connectivity index (χ0) is 14.8. The first-order valence-electron chi connectivity index (χ1n) is 6.45. The summed E-state index contributed by atoms with van der Waals surface area (Å²) in [6.45, 7) is 0.0771. The Labute approximate surface area is 124 Å². The van der Waals surface area contributed by atoms with Crippen molar-refractivity contribution >= 4 is 23.3 Å². The van der Waals surface area contributed by atoms with Gasteiger partial charge in [0.2, 0.25) is 5.89 Å². The van der Waals surface area contributed by atoms with Crippen molar-refractivity contribution < 1.29 is 13.7 Å². The molecule has 6 nitrogen and oxygen atoms in total. The molecule has 21 heavy (non-hydrogen) atoms. The standard InChI is InChI=1S/C13H12ClFN4O2/c14-8-2-1-3-9(11(8)15)17-13(20)16-6-10-18-12(19-21-10)7-4-5-7/h1-3,7H,4-6H2,(H2,16,17,20). The van der Waals surface area contributed by atoms with Gasteiger partial charge in [-0.3, -0.25) is 0 Å². The van der Waals surface area contributed by atoms with E-state index in [0.29, 0.717) is 17.6 Å². The zero-order valence-electron chi connectivity index (χ0n) is 10.9. The molecule has 2 aromatic rings. The second-order valence-corrected chi connectivity index (χ2v) is 5.14. The lowest BCUT2D eigenvalue weighted by atomic mass is 10.3. The molecule has 2 amide bonds. The van der Waals surface area contributed by atoms with E-state index in [-0.39, 0.29) is 17.3 Å². The number of halogens is 2. The molecule has 0 unspecified atom stereocenters. The lowest BCUT2D eigenvalue weighted by Gasteiger charge is -2.07. The Hall–Kier alpha value is -2.15. The third kappa shape index (κ3) is 3.30. The molecule has 3 rings (SSSR count). The number of nitrogens with zero attached hydrogens (tertiary/aromatic N) is 2. The Balaban J connectivity index is 1.54. The molecule has 0 radical (unpaired) electrons. The fraction of sp³-hybridized carbons (Fsp3) is 0.308. The van der Waals surface area contributed by atoms with E-state index in [1.54, 1.807) is 6.07 Å². The highest BCUT2D eigenvalue weighted by Gasteiger charge is 2.28. The van der Waals surface area contributed by atoms with Crippen LogP contribution < -0.4 is 10.6 Å². The van der Waals surface area contributed by atoms with E-state index < -0.39 is 11.8 Å². The van der Waals surface area contributed by atoms with Crippen molar-refractivity contribution in [3.63, 3.8) is 0 Å². The molecule has 1 aromatic heterocycles. The molecule has 0 bridgehead atoms. The van der Waals surface area contributed by atoms with Crippen LogP contribution in [0.2, 0.25) is 5.02 Å². The summed E-state index contributed by atoms with van der Waals surface area (Å²) in [6.07, 6.45) is 2.14. The van der Waals surface area contributed by atoms with Crippen LogP contribution in [0.3, 0.4) is 0 Å². The quantitative estimate of drug-likeness (QED) is 0.909. The van der Waals surface area contributed by atoms with Crippen molar-refractivity contribution in [3.05, 3.63) is 40.8 Å². The Bertz CT molecular complexity index is 672. The minimum Gasteiger partial charge on any atom is -0.337 e. The number of carbonyl (C=O) groups excluding carboxylic acids is 1. The molecule has 0 atom stereocenters. The molecule has 0 aliphatic heterocycles. The van der Waals surface area contributed by atoms with Crippen molar-refractivity contribution in [2.24, 2.45) is 0 Å². The third-order valence-electron chi connectivity index (χ3n) is 3.03. The minimum atomic E-state index is -0.678. The second-order valence-electron chi connectivity index (χ2n) is 4.73. The number of anilines is 1. The maximum Gasteiger partial charge on any atom is 0.319 e. The normalized spacial score (nSPS) is 14.0. The zero-order valence-corrected chi connectivity index (χ0v) is 11.7. The topological polar surface area (TPSA) is 80.1 Å². The molecular weight excluding hydrogens is 299 g/mol. The Morgan fingerprint density at radius 3 is 3.05 bits per heavy atom. The van der Waals surface area contributed by atoms with Gasteiger partial charge >= 0.3 is 6.03 Å². The number of rotatable bonds is 4. The molecule has 1 fully saturated rings. The smallest absolute Gasteiger partial charge is 0.319 e. The molecule has 1 heterocycles. The number of aromatic nitrogens is 2. The number of nitrogens with one attached hydrogen (secondary N) is 2. The Morgan fingerprint density at radius 2 is 2.29 bits per heavy atom. The summed E-state index contributed by atoms with van der Waals surface area (Å²) in [7, 11) is 0. The molecule has 0 saturated heterocycles. The summed E-state index contributed by atoms with van der Waals surface area (Å²) in [6, 6.07) is 3.78. The number of hydrogen-bond donors (Lipinski definition) is 2. The van der Waals surface area contributed by atoms with E-state index in [2.05, 4.69) is 20.8 Å². The van der Waals surface area contributed by atoms with E-state index in [9.17, 15) is 9.18 Å². The van der Waals surface area contributed by atoms with E-state index in [1.165, 1.54) is 12.1 Å². The second kappa shape index (κ2) is 5.69. The number of hydrogen-bond acceptors (Lipinski definition) is 4. The van der Waals surface area contributed by atoms with Gasteiger partial charge in [0.1, 0.15) is 0 Å². The first-order valence-corrected chi connectivity index (χ1v) is 6.82. The van der Waals surface area contributed by atoms with Crippen LogP contribution >= 0.6 is 11.6 Å². The van der Waals surface area contributed by atoms with Crippen molar-refractivity contribution in [2.75, 3.05) is 5.32 Å². The van der Waals surface area contributed by atoms with Crippen molar-refractivity contribution in [3.8, 4) is 0 Å². The fourth-order valence-electron chi connectivity index (χ4n) is 1.77. The van der Waals surface area contributed by atoms with Gasteiger partial charge in [-0.05, 0) is 25.0 Å². The summed E-state index contributed by atoms with van der Waals surface area (Å²) in [5, 5.41) is 8.65. The molecular formula is C13H12ClFN4O2. The monoisotopic (exact) mass is 310 g/mol. The summed E-state index contributed by atoms with van der Waals surface area (Å²) in [5.74, 6) is 0.701. The van der Waals surface area contributed by atoms with E-state index in [1.807, 2.05) is 0 Å². The molecule has 2 N–H and O–H groups in total. The first kappa shape index (κ1) is 13.8. The highest BCUT2D eigenvalue weighted by molar-refractivity contribution is 6.31. The summed E-state index contributed by atoms with van der Waals surface area (Å²) in [4.78, 5) is 15.8. The van der Waals surface area contributed by atoms with Gasteiger partial charge in [-0.15, -0.1) is 0 Å². The Morgan fingerprint density at radius 1 is 1.48 bits per heavy atom. The van der Waals surface area contributed by atoms with E-state index in [0.717, 1.165) is 12.8 Å². The van der Waals surface area contributed by atoms with Gasteiger partial charge in [0, 0.05) is 5.92 Å². The van der Waals surface area contributed by atoms with Crippen LogP contribution in [-0.4, -0.2) is 16.2 Å². The minimum absolute atomic E-state index is 0.00389. The SMILES string of the molecule is O=C(NCc1nc(C2CC2)no1)Nc1cccc(Cl)c1F. The van der Waals surface area contributed by atoms with E-state index >= 15 is 0 Å². The molecule has 1 saturated carbocycles. The van der Waals surface area contributed by atoms with Gasteiger partial charge in [0.05, 0.1) is 17.3 Å². The average molecular weight is 311 g/mol. The van der Waals surface area contributed by atoms with Gasteiger partial charge in [-0.25, -0.2) is 9.18 Å². The Kier molecular flexibility index (Phi) is 3.74.